The van der Waals surface area contributed by atoms with E-state index in [2.05, 4.69) is 27.7 Å². The predicted molar refractivity (Wildman–Crippen MR) is 133 cm³/mol. The van der Waals surface area contributed by atoms with Gasteiger partial charge in [-0.05, 0) is 60.6 Å². The molecule has 7 nitrogen and oxygen atoms in total. The van der Waals surface area contributed by atoms with Crippen molar-refractivity contribution < 1.29 is 14.4 Å². The fourth-order valence-electron chi connectivity index (χ4n) is 4.60. The Kier molecular flexibility index (Phi) is 5.76. The van der Waals surface area contributed by atoms with Crippen LogP contribution in [0.1, 0.15) is 24.0 Å². The van der Waals surface area contributed by atoms with Crippen molar-refractivity contribution in [2.75, 3.05) is 29.9 Å². The summed E-state index contributed by atoms with van der Waals surface area (Å²) in [4.78, 5) is 41.2. The highest BCUT2D eigenvalue weighted by Gasteiger charge is 2.35. The van der Waals surface area contributed by atoms with E-state index in [9.17, 15) is 14.4 Å². The molecule has 0 aromatic heterocycles. The number of urea groups is 1. The summed E-state index contributed by atoms with van der Waals surface area (Å²) in [7, 11) is 0. The van der Waals surface area contributed by atoms with Crippen molar-refractivity contribution in [3.63, 3.8) is 0 Å². The molecule has 0 bridgehead atoms. The first-order valence-corrected chi connectivity index (χ1v) is 11.5. The summed E-state index contributed by atoms with van der Waals surface area (Å²) in [5.41, 5.74) is 3.81. The molecule has 2 saturated heterocycles. The predicted octanol–water partition coefficient (Wildman–Crippen LogP) is 4.28. The van der Waals surface area contributed by atoms with E-state index in [4.69, 9.17) is 0 Å². The quantitative estimate of drug-likeness (QED) is 0.445. The number of hydrogen-bond donors (Lipinski definition) is 2. The Morgan fingerprint density at radius 3 is 2.53 bits per heavy atom. The Bertz CT molecular complexity index is 1320. The Hall–Kier alpha value is -4.13. The van der Waals surface area contributed by atoms with Gasteiger partial charge in [0.05, 0.1) is 0 Å². The Morgan fingerprint density at radius 2 is 1.76 bits per heavy atom. The molecule has 4 amide bonds. The fraction of sp³-hybridized carbons (Fsp3) is 0.222. The lowest BCUT2D eigenvalue weighted by molar-refractivity contribution is -0.127. The number of amides is 4. The van der Waals surface area contributed by atoms with Crippen LogP contribution in [-0.4, -0.2) is 42.4 Å². The first kappa shape index (κ1) is 21.7. The van der Waals surface area contributed by atoms with E-state index in [0.717, 1.165) is 39.9 Å². The van der Waals surface area contributed by atoms with Gasteiger partial charge in [0.25, 0.3) is 5.91 Å². The maximum absolute atomic E-state index is 13.0. The highest BCUT2D eigenvalue weighted by Crippen LogP contribution is 2.32. The summed E-state index contributed by atoms with van der Waals surface area (Å²) >= 11 is 0. The molecular formula is C27H26N4O3. The van der Waals surface area contributed by atoms with Crippen molar-refractivity contribution in [3.8, 4) is 0 Å². The van der Waals surface area contributed by atoms with E-state index in [0.29, 0.717) is 5.69 Å². The number of aryl methyl sites for hydroxylation is 1. The van der Waals surface area contributed by atoms with Crippen LogP contribution in [0.4, 0.5) is 16.2 Å². The van der Waals surface area contributed by atoms with E-state index in [1.54, 1.807) is 12.1 Å². The van der Waals surface area contributed by atoms with Gasteiger partial charge in [-0.25, -0.2) is 9.69 Å². The van der Waals surface area contributed by atoms with Gasteiger partial charge in [0, 0.05) is 29.9 Å². The van der Waals surface area contributed by atoms with E-state index in [1.807, 2.05) is 49.4 Å². The standard InChI is InChI=1S/C27H26N4O3/c1-18-7-6-8-20(15-18)28-25(32)17-31-26(33)23(29-27(31)34)16-19-11-12-24(30-13-4-5-14-30)22-10-3-2-9-21(19)22/h2-3,6-12,15-16H,4-5,13-14,17H2,1H3,(H,28,32)(H,29,34)/b23-16+. The van der Waals surface area contributed by atoms with Gasteiger partial charge >= 0.3 is 6.03 Å². The lowest BCUT2D eigenvalue weighted by Gasteiger charge is -2.20. The molecule has 5 rings (SSSR count). The second-order valence-corrected chi connectivity index (χ2v) is 8.71. The van der Waals surface area contributed by atoms with Crippen LogP contribution in [0.15, 0.2) is 66.4 Å². The molecule has 172 valence electrons. The minimum atomic E-state index is -0.603. The van der Waals surface area contributed by atoms with Crippen molar-refractivity contribution in [2.45, 2.75) is 19.8 Å². The number of anilines is 2. The van der Waals surface area contributed by atoms with Crippen LogP contribution in [0, 0.1) is 6.92 Å². The van der Waals surface area contributed by atoms with Crippen LogP contribution in [-0.2, 0) is 9.59 Å². The number of nitrogens with zero attached hydrogens (tertiary/aromatic N) is 2. The number of fused-ring (bicyclic) bond motifs is 1. The van der Waals surface area contributed by atoms with Gasteiger partial charge in [0.1, 0.15) is 12.2 Å². The van der Waals surface area contributed by atoms with Crippen LogP contribution in [0.2, 0.25) is 0 Å². The molecule has 0 radical (unpaired) electrons. The summed E-state index contributed by atoms with van der Waals surface area (Å²) in [6.45, 7) is 3.65. The molecule has 2 N–H and O–H groups in total. The number of carbonyl (C=O) groups excluding carboxylic acids is 3. The second kappa shape index (κ2) is 9.02. The van der Waals surface area contributed by atoms with E-state index >= 15 is 0 Å². The van der Waals surface area contributed by atoms with Crippen LogP contribution in [0.5, 0.6) is 0 Å². The zero-order valence-electron chi connectivity index (χ0n) is 19.0. The number of imide groups is 1. The third-order valence-corrected chi connectivity index (χ3v) is 6.25. The smallest absolute Gasteiger partial charge is 0.329 e. The molecule has 7 heteroatoms. The molecule has 3 aromatic rings. The normalized spacial score (nSPS) is 17.0. The van der Waals surface area contributed by atoms with Crippen molar-refractivity contribution >= 4 is 46.1 Å². The van der Waals surface area contributed by atoms with E-state index in [1.165, 1.54) is 18.5 Å². The van der Waals surface area contributed by atoms with Gasteiger partial charge in [-0.15, -0.1) is 0 Å². The maximum Gasteiger partial charge on any atom is 0.329 e. The fourth-order valence-corrected chi connectivity index (χ4v) is 4.60. The summed E-state index contributed by atoms with van der Waals surface area (Å²) in [5, 5.41) is 7.49. The molecule has 34 heavy (non-hydrogen) atoms. The molecule has 2 fully saturated rings. The van der Waals surface area contributed by atoms with Crippen LogP contribution < -0.4 is 15.5 Å². The molecule has 0 unspecified atom stereocenters. The van der Waals surface area contributed by atoms with Crippen LogP contribution in [0.25, 0.3) is 16.8 Å². The maximum atomic E-state index is 13.0. The van der Waals surface area contributed by atoms with Gasteiger partial charge < -0.3 is 15.5 Å². The van der Waals surface area contributed by atoms with Crippen LogP contribution in [0.3, 0.4) is 0 Å². The van der Waals surface area contributed by atoms with Crippen molar-refractivity contribution in [1.29, 1.82) is 0 Å². The van der Waals surface area contributed by atoms with Gasteiger partial charge in [-0.1, -0.05) is 42.5 Å². The highest BCUT2D eigenvalue weighted by molar-refractivity contribution is 6.16. The minimum absolute atomic E-state index is 0.160. The van der Waals surface area contributed by atoms with Crippen molar-refractivity contribution in [1.82, 2.24) is 10.2 Å². The zero-order valence-corrected chi connectivity index (χ0v) is 19.0. The van der Waals surface area contributed by atoms with Gasteiger partial charge in [0.15, 0.2) is 0 Å². The van der Waals surface area contributed by atoms with E-state index < -0.39 is 17.8 Å². The molecule has 3 aromatic carbocycles. The molecule has 2 aliphatic heterocycles. The largest absolute Gasteiger partial charge is 0.371 e. The summed E-state index contributed by atoms with van der Waals surface area (Å²) in [5.74, 6) is -0.951. The topological polar surface area (TPSA) is 81.8 Å². The summed E-state index contributed by atoms with van der Waals surface area (Å²) in [6, 6.07) is 18.9. The molecule has 2 heterocycles. The number of carbonyl (C=O) groups is 3. The Morgan fingerprint density at radius 1 is 1.00 bits per heavy atom. The lowest BCUT2D eigenvalue weighted by Crippen LogP contribution is -2.38. The summed E-state index contributed by atoms with van der Waals surface area (Å²) < 4.78 is 0. The Balaban J connectivity index is 1.37. The molecule has 0 atom stereocenters. The lowest BCUT2D eigenvalue weighted by atomic mass is 10.0. The van der Waals surface area contributed by atoms with Gasteiger partial charge in [0.2, 0.25) is 5.91 Å². The first-order valence-electron chi connectivity index (χ1n) is 11.5. The zero-order chi connectivity index (χ0) is 23.7. The Labute approximate surface area is 198 Å². The van der Waals surface area contributed by atoms with Gasteiger partial charge in [-0.3, -0.25) is 9.59 Å². The van der Waals surface area contributed by atoms with Crippen LogP contribution >= 0.6 is 0 Å². The molecular weight excluding hydrogens is 428 g/mol. The number of nitrogens with one attached hydrogen (secondary N) is 2. The second-order valence-electron chi connectivity index (χ2n) is 8.71. The highest BCUT2D eigenvalue weighted by atomic mass is 16.2. The number of rotatable bonds is 5. The van der Waals surface area contributed by atoms with Crippen molar-refractivity contribution in [2.24, 2.45) is 0 Å². The van der Waals surface area contributed by atoms with Crippen molar-refractivity contribution in [3.05, 3.63) is 77.5 Å². The SMILES string of the molecule is Cc1cccc(NC(=O)CN2C(=O)N/C(=C/c3ccc(N4CCCC4)c4ccccc34)C2=O)c1. The minimum Gasteiger partial charge on any atom is -0.371 e. The van der Waals surface area contributed by atoms with Gasteiger partial charge in [-0.2, -0.15) is 0 Å². The first-order chi connectivity index (χ1) is 16.5. The molecule has 0 aliphatic carbocycles. The number of hydrogen-bond acceptors (Lipinski definition) is 4. The summed E-state index contributed by atoms with van der Waals surface area (Å²) in [6.07, 6.45) is 4.07. The molecule has 0 saturated carbocycles. The molecule has 2 aliphatic rings. The number of benzene rings is 3. The third-order valence-electron chi connectivity index (χ3n) is 6.25. The van der Waals surface area contributed by atoms with E-state index in [-0.39, 0.29) is 12.2 Å². The third kappa shape index (κ3) is 4.24. The average molecular weight is 455 g/mol. The monoisotopic (exact) mass is 454 g/mol. The average Bonchev–Trinajstić information content (AvgIpc) is 3.44. The molecule has 0 spiro atoms.